The third-order valence-corrected chi connectivity index (χ3v) is 3.21. The number of ether oxygens (including phenoxy) is 3. The lowest BCUT2D eigenvalue weighted by Crippen LogP contribution is -2.38. The van der Waals surface area contributed by atoms with E-state index in [1.165, 1.54) is 24.3 Å². The Hall–Kier alpha value is -2.76. The zero-order valence-electron chi connectivity index (χ0n) is 13.6. The van der Waals surface area contributed by atoms with E-state index in [0.29, 0.717) is 23.8 Å². The van der Waals surface area contributed by atoms with Crippen LogP contribution in [0.4, 0.5) is 4.39 Å². The maximum absolute atomic E-state index is 12.8. The molecule has 0 radical (unpaired) electrons. The topological polar surface area (TPSA) is 56.8 Å². The Kier molecular flexibility index (Phi) is 6.42. The number of carbonyl (C=O) groups excluding carboxylic acids is 1. The van der Waals surface area contributed by atoms with E-state index in [0.717, 1.165) is 0 Å². The van der Waals surface area contributed by atoms with Crippen LogP contribution < -0.4 is 19.5 Å². The summed E-state index contributed by atoms with van der Waals surface area (Å²) in [5.74, 6) is 1.19. The van der Waals surface area contributed by atoms with Gasteiger partial charge in [0, 0.05) is 6.07 Å². The largest absolute Gasteiger partial charge is 0.497 e. The normalized spacial score (nSPS) is 11.5. The van der Waals surface area contributed by atoms with Crippen LogP contribution in [0.15, 0.2) is 48.5 Å². The van der Waals surface area contributed by atoms with Crippen molar-refractivity contribution in [3.63, 3.8) is 0 Å². The maximum atomic E-state index is 12.8. The second-order valence-electron chi connectivity index (χ2n) is 5.03. The van der Waals surface area contributed by atoms with Crippen LogP contribution in [0.3, 0.4) is 0 Å². The first-order valence-corrected chi connectivity index (χ1v) is 7.55. The van der Waals surface area contributed by atoms with Crippen LogP contribution >= 0.6 is 0 Å². The van der Waals surface area contributed by atoms with E-state index in [9.17, 15) is 9.18 Å². The number of nitrogens with one attached hydrogen (secondary N) is 1. The number of rotatable bonds is 8. The molecule has 0 saturated carbocycles. The average molecular weight is 333 g/mol. The number of carbonyl (C=O) groups is 1. The molecular weight excluding hydrogens is 313 g/mol. The van der Waals surface area contributed by atoms with Gasteiger partial charge < -0.3 is 19.5 Å². The van der Waals surface area contributed by atoms with E-state index in [1.54, 1.807) is 38.3 Å². The first-order chi connectivity index (χ1) is 11.6. The Balaban J connectivity index is 1.72. The summed E-state index contributed by atoms with van der Waals surface area (Å²) < 4.78 is 28.8. The molecule has 2 aromatic rings. The Morgan fingerprint density at radius 3 is 2.54 bits per heavy atom. The fraction of sp³-hybridized carbons (Fsp3) is 0.278. The highest BCUT2D eigenvalue weighted by atomic mass is 19.1. The molecule has 1 atom stereocenters. The van der Waals surface area contributed by atoms with Gasteiger partial charge in [0.1, 0.15) is 29.7 Å². The number of benzene rings is 2. The molecule has 1 amide bonds. The molecule has 128 valence electrons. The first-order valence-electron chi connectivity index (χ1n) is 7.55. The molecule has 2 rings (SSSR count). The summed E-state index contributed by atoms with van der Waals surface area (Å²) in [4.78, 5) is 12.0. The molecule has 0 spiro atoms. The lowest BCUT2D eigenvalue weighted by Gasteiger charge is -2.15. The molecule has 1 N–H and O–H groups in total. The van der Waals surface area contributed by atoms with Crippen molar-refractivity contribution >= 4 is 5.91 Å². The third-order valence-electron chi connectivity index (χ3n) is 3.21. The van der Waals surface area contributed by atoms with Gasteiger partial charge in [0.25, 0.3) is 5.91 Å². The molecule has 0 fully saturated rings. The van der Waals surface area contributed by atoms with Gasteiger partial charge in [-0.15, -0.1) is 0 Å². The van der Waals surface area contributed by atoms with Crippen LogP contribution in [-0.4, -0.2) is 32.3 Å². The Morgan fingerprint density at radius 1 is 1.12 bits per heavy atom. The zero-order valence-corrected chi connectivity index (χ0v) is 13.6. The molecular formula is C18H20FNO4. The van der Waals surface area contributed by atoms with Crippen LogP contribution in [-0.2, 0) is 4.79 Å². The Labute approximate surface area is 140 Å². The summed E-state index contributed by atoms with van der Waals surface area (Å²) in [6.45, 7) is 2.26. The zero-order chi connectivity index (χ0) is 17.4. The molecule has 0 saturated heterocycles. The number of hydrogen-bond acceptors (Lipinski definition) is 4. The molecule has 0 heterocycles. The number of amides is 1. The minimum Gasteiger partial charge on any atom is -0.497 e. The van der Waals surface area contributed by atoms with Gasteiger partial charge in [-0.3, -0.25) is 4.79 Å². The molecule has 0 aromatic heterocycles. The highest BCUT2D eigenvalue weighted by Gasteiger charge is 2.14. The quantitative estimate of drug-likeness (QED) is 0.755. The molecule has 5 nitrogen and oxygen atoms in total. The molecule has 0 aliphatic carbocycles. The highest BCUT2D eigenvalue weighted by Crippen LogP contribution is 2.19. The minimum atomic E-state index is -0.650. The van der Waals surface area contributed by atoms with Crippen molar-refractivity contribution in [1.29, 1.82) is 0 Å². The van der Waals surface area contributed by atoms with Gasteiger partial charge in [0.15, 0.2) is 6.10 Å². The van der Waals surface area contributed by atoms with Crippen LogP contribution in [0.1, 0.15) is 6.92 Å². The summed E-state index contributed by atoms with van der Waals surface area (Å²) >= 11 is 0. The van der Waals surface area contributed by atoms with Gasteiger partial charge in [0.05, 0.1) is 13.7 Å². The van der Waals surface area contributed by atoms with Crippen molar-refractivity contribution in [2.45, 2.75) is 13.0 Å². The summed E-state index contributed by atoms with van der Waals surface area (Å²) in [5.41, 5.74) is 0. The van der Waals surface area contributed by atoms with Crippen molar-refractivity contribution in [2.75, 3.05) is 20.3 Å². The van der Waals surface area contributed by atoms with Crippen LogP contribution in [0.5, 0.6) is 17.2 Å². The molecule has 0 aliphatic rings. The number of hydrogen-bond donors (Lipinski definition) is 1. The van der Waals surface area contributed by atoms with Crippen molar-refractivity contribution in [2.24, 2.45) is 0 Å². The third kappa shape index (κ3) is 5.46. The number of methoxy groups -OCH3 is 1. The van der Waals surface area contributed by atoms with E-state index in [2.05, 4.69) is 5.32 Å². The maximum Gasteiger partial charge on any atom is 0.260 e. The lowest BCUT2D eigenvalue weighted by molar-refractivity contribution is -0.127. The molecule has 0 aliphatic heterocycles. The first kappa shape index (κ1) is 17.6. The minimum absolute atomic E-state index is 0.250. The van der Waals surface area contributed by atoms with Gasteiger partial charge in [0.2, 0.25) is 0 Å². The van der Waals surface area contributed by atoms with Crippen molar-refractivity contribution in [3.05, 3.63) is 54.3 Å². The van der Waals surface area contributed by atoms with Crippen LogP contribution in [0.25, 0.3) is 0 Å². The summed E-state index contributed by atoms with van der Waals surface area (Å²) in [6, 6.07) is 12.7. The van der Waals surface area contributed by atoms with Crippen molar-refractivity contribution in [3.8, 4) is 17.2 Å². The van der Waals surface area contributed by atoms with Gasteiger partial charge in [-0.05, 0) is 43.3 Å². The second kappa shape index (κ2) is 8.76. The van der Waals surface area contributed by atoms with Gasteiger partial charge in [-0.2, -0.15) is 0 Å². The van der Waals surface area contributed by atoms with Gasteiger partial charge in [-0.25, -0.2) is 4.39 Å². The van der Waals surface area contributed by atoms with Gasteiger partial charge in [-0.1, -0.05) is 6.07 Å². The summed E-state index contributed by atoms with van der Waals surface area (Å²) in [6.07, 6.45) is -0.650. The Bertz CT molecular complexity index is 660. The molecule has 24 heavy (non-hydrogen) atoms. The van der Waals surface area contributed by atoms with E-state index in [-0.39, 0.29) is 18.3 Å². The molecule has 6 heteroatoms. The molecule has 0 bridgehead atoms. The van der Waals surface area contributed by atoms with Crippen molar-refractivity contribution in [1.82, 2.24) is 5.32 Å². The monoisotopic (exact) mass is 333 g/mol. The molecule has 2 aromatic carbocycles. The lowest BCUT2D eigenvalue weighted by atomic mass is 10.3. The van der Waals surface area contributed by atoms with E-state index < -0.39 is 6.10 Å². The second-order valence-corrected chi connectivity index (χ2v) is 5.03. The smallest absolute Gasteiger partial charge is 0.260 e. The predicted molar refractivity (Wildman–Crippen MR) is 88.0 cm³/mol. The number of halogens is 1. The van der Waals surface area contributed by atoms with Crippen molar-refractivity contribution < 1.29 is 23.4 Å². The summed E-state index contributed by atoms with van der Waals surface area (Å²) in [7, 11) is 1.57. The fourth-order valence-corrected chi connectivity index (χ4v) is 1.95. The van der Waals surface area contributed by atoms with E-state index in [1.807, 2.05) is 0 Å². The van der Waals surface area contributed by atoms with Crippen LogP contribution in [0.2, 0.25) is 0 Å². The Morgan fingerprint density at radius 2 is 1.83 bits per heavy atom. The molecule has 0 unspecified atom stereocenters. The summed E-state index contributed by atoms with van der Waals surface area (Å²) in [5, 5.41) is 2.72. The van der Waals surface area contributed by atoms with Crippen LogP contribution in [0, 0.1) is 5.82 Å². The predicted octanol–water partition coefficient (Wildman–Crippen LogP) is 2.80. The fourth-order valence-electron chi connectivity index (χ4n) is 1.95. The van der Waals surface area contributed by atoms with Gasteiger partial charge >= 0.3 is 0 Å². The highest BCUT2D eigenvalue weighted by molar-refractivity contribution is 5.80. The average Bonchev–Trinajstić information content (AvgIpc) is 2.60. The standard InChI is InChI=1S/C18H20FNO4/c1-13(24-17-5-3-4-16(12-17)22-2)18(21)20-10-11-23-15-8-6-14(19)7-9-15/h3-9,12-13H,10-11H2,1-2H3,(H,20,21)/t13-/m1/s1. The van der Waals surface area contributed by atoms with E-state index >= 15 is 0 Å². The van der Waals surface area contributed by atoms with E-state index in [4.69, 9.17) is 14.2 Å². The SMILES string of the molecule is COc1cccc(O[C@H](C)C(=O)NCCOc2ccc(F)cc2)c1.